The van der Waals surface area contributed by atoms with Crippen molar-refractivity contribution in [1.82, 2.24) is 0 Å². The van der Waals surface area contributed by atoms with E-state index in [0.717, 1.165) is 17.7 Å². The molecular formula is C19H16O4. The van der Waals surface area contributed by atoms with Gasteiger partial charge < -0.3 is 14.3 Å². The summed E-state index contributed by atoms with van der Waals surface area (Å²) in [5, 5.41) is 9.08. The van der Waals surface area contributed by atoms with Gasteiger partial charge in [0.05, 0.1) is 12.9 Å². The van der Waals surface area contributed by atoms with E-state index in [1.807, 2.05) is 42.5 Å². The van der Waals surface area contributed by atoms with Crippen molar-refractivity contribution >= 4 is 5.97 Å². The molecule has 1 aromatic heterocycles. The van der Waals surface area contributed by atoms with Crippen LogP contribution in [0.2, 0.25) is 0 Å². The van der Waals surface area contributed by atoms with E-state index in [-0.39, 0.29) is 5.76 Å². The molecule has 0 radical (unpaired) electrons. The first kappa shape index (κ1) is 14.9. The molecule has 0 aliphatic rings. The molecule has 4 heteroatoms. The van der Waals surface area contributed by atoms with Crippen LogP contribution in [-0.4, -0.2) is 17.7 Å². The van der Waals surface area contributed by atoms with Gasteiger partial charge in [0, 0.05) is 12.0 Å². The van der Waals surface area contributed by atoms with E-state index >= 15 is 0 Å². The fourth-order valence-electron chi connectivity index (χ4n) is 2.36. The molecule has 0 aliphatic carbocycles. The van der Waals surface area contributed by atoms with E-state index in [1.54, 1.807) is 6.07 Å². The molecule has 0 atom stereocenters. The SMILES string of the molecule is O=C(O)c1occc1-c1ccc(OCCc2ccccc2)cc1. The van der Waals surface area contributed by atoms with Gasteiger partial charge in [0.25, 0.3) is 0 Å². The Morgan fingerprint density at radius 2 is 1.74 bits per heavy atom. The molecular weight excluding hydrogens is 292 g/mol. The quantitative estimate of drug-likeness (QED) is 0.739. The number of carboxylic acid groups (broad SMARTS) is 1. The van der Waals surface area contributed by atoms with Gasteiger partial charge in [-0.15, -0.1) is 0 Å². The van der Waals surface area contributed by atoms with Crippen LogP contribution in [0.25, 0.3) is 11.1 Å². The zero-order valence-electron chi connectivity index (χ0n) is 12.4. The highest BCUT2D eigenvalue weighted by molar-refractivity contribution is 5.93. The third-order valence-corrected chi connectivity index (χ3v) is 3.53. The van der Waals surface area contributed by atoms with E-state index in [1.165, 1.54) is 11.8 Å². The van der Waals surface area contributed by atoms with Gasteiger partial charge in [-0.3, -0.25) is 0 Å². The van der Waals surface area contributed by atoms with Gasteiger partial charge in [0.2, 0.25) is 5.76 Å². The molecule has 4 nitrogen and oxygen atoms in total. The van der Waals surface area contributed by atoms with Crippen LogP contribution in [0.3, 0.4) is 0 Å². The van der Waals surface area contributed by atoms with Gasteiger partial charge >= 0.3 is 5.97 Å². The van der Waals surface area contributed by atoms with Crippen LogP contribution in [0.15, 0.2) is 71.3 Å². The molecule has 116 valence electrons. The molecule has 0 saturated carbocycles. The average molecular weight is 308 g/mol. The molecule has 3 aromatic rings. The Morgan fingerprint density at radius 3 is 2.43 bits per heavy atom. The fraction of sp³-hybridized carbons (Fsp3) is 0.105. The van der Waals surface area contributed by atoms with Crippen LogP contribution in [0.1, 0.15) is 16.1 Å². The molecule has 3 rings (SSSR count). The van der Waals surface area contributed by atoms with Crippen molar-refractivity contribution in [2.45, 2.75) is 6.42 Å². The van der Waals surface area contributed by atoms with Gasteiger partial charge in [0.1, 0.15) is 5.75 Å². The van der Waals surface area contributed by atoms with Gasteiger partial charge in [-0.2, -0.15) is 0 Å². The molecule has 1 N–H and O–H groups in total. The lowest BCUT2D eigenvalue weighted by atomic mass is 10.1. The van der Waals surface area contributed by atoms with Crippen LogP contribution >= 0.6 is 0 Å². The number of aromatic carboxylic acids is 1. The van der Waals surface area contributed by atoms with Crippen molar-refractivity contribution in [3.8, 4) is 16.9 Å². The topological polar surface area (TPSA) is 59.7 Å². The predicted octanol–water partition coefficient (Wildman–Crippen LogP) is 4.27. The average Bonchev–Trinajstić information content (AvgIpc) is 3.06. The highest BCUT2D eigenvalue weighted by atomic mass is 16.5. The maximum absolute atomic E-state index is 11.1. The van der Waals surface area contributed by atoms with Crippen molar-refractivity contribution in [1.29, 1.82) is 0 Å². The van der Waals surface area contributed by atoms with Crippen LogP contribution < -0.4 is 4.74 Å². The van der Waals surface area contributed by atoms with E-state index in [0.29, 0.717) is 12.2 Å². The van der Waals surface area contributed by atoms with Crippen LogP contribution in [0.5, 0.6) is 5.75 Å². The molecule has 23 heavy (non-hydrogen) atoms. The Hall–Kier alpha value is -3.01. The number of carboxylic acids is 1. The molecule has 0 saturated heterocycles. The van der Waals surface area contributed by atoms with Crippen molar-refractivity contribution in [2.24, 2.45) is 0 Å². The lowest BCUT2D eigenvalue weighted by Gasteiger charge is -2.07. The maximum Gasteiger partial charge on any atom is 0.372 e. The summed E-state index contributed by atoms with van der Waals surface area (Å²) >= 11 is 0. The summed E-state index contributed by atoms with van der Waals surface area (Å²) in [6.07, 6.45) is 2.22. The van der Waals surface area contributed by atoms with Gasteiger partial charge in [0.15, 0.2) is 0 Å². The molecule has 2 aromatic carbocycles. The highest BCUT2D eigenvalue weighted by Gasteiger charge is 2.15. The molecule has 0 fully saturated rings. The maximum atomic E-state index is 11.1. The van der Waals surface area contributed by atoms with Gasteiger partial charge in [-0.1, -0.05) is 42.5 Å². The Kier molecular flexibility index (Phi) is 4.43. The normalized spacial score (nSPS) is 10.4. The third-order valence-electron chi connectivity index (χ3n) is 3.53. The second kappa shape index (κ2) is 6.83. The minimum absolute atomic E-state index is 0.0530. The smallest absolute Gasteiger partial charge is 0.372 e. The number of benzene rings is 2. The second-order valence-corrected chi connectivity index (χ2v) is 5.08. The summed E-state index contributed by atoms with van der Waals surface area (Å²) in [4.78, 5) is 11.1. The van der Waals surface area contributed by atoms with Crippen molar-refractivity contribution in [2.75, 3.05) is 6.61 Å². The number of hydrogen-bond donors (Lipinski definition) is 1. The first-order valence-corrected chi connectivity index (χ1v) is 7.32. The summed E-state index contributed by atoms with van der Waals surface area (Å²) < 4.78 is 10.7. The third kappa shape index (κ3) is 3.61. The molecule has 1 heterocycles. The van der Waals surface area contributed by atoms with Crippen molar-refractivity contribution in [3.63, 3.8) is 0 Å². The lowest BCUT2D eigenvalue weighted by molar-refractivity contribution is 0.0663. The molecule has 0 bridgehead atoms. The van der Waals surface area contributed by atoms with E-state index < -0.39 is 5.97 Å². The Balaban J connectivity index is 1.63. The predicted molar refractivity (Wildman–Crippen MR) is 86.7 cm³/mol. The summed E-state index contributed by atoms with van der Waals surface area (Å²) in [7, 11) is 0. The number of rotatable bonds is 6. The lowest BCUT2D eigenvalue weighted by Crippen LogP contribution is -2.01. The summed E-state index contributed by atoms with van der Waals surface area (Å²) in [6, 6.07) is 19.1. The number of ether oxygens (including phenoxy) is 1. The second-order valence-electron chi connectivity index (χ2n) is 5.08. The fourth-order valence-corrected chi connectivity index (χ4v) is 2.36. The van der Waals surface area contributed by atoms with Gasteiger partial charge in [-0.05, 0) is 29.3 Å². The minimum Gasteiger partial charge on any atom is -0.493 e. The number of hydrogen-bond acceptors (Lipinski definition) is 3. The van der Waals surface area contributed by atoms with Crippen LogP contribution in [0, 0.1) is 0 Å². The Bertz CT molecular complexity index is 773. The highest BCUT2D eigenvalue weighted by Crippen LogP contribution is 2.26. The molecule has 0 amide bonds. The first-order chi connectivity index (χ1) is 11.2. The molecule has 0 unspecified atom stereocenters. The van der Waals surface area contributed by atoms with Crippen molar-refractivity contribution in [3.05, 3.63) is 78.3 Å². The van der Waals surface area contributed by atoms with Gasteiger partial charge in [-0.25, -0.2) is 4.79 Å². The van der Waals surface area contributed by atoms with Crippen molar-refractivity contribution < 1.29 is 19.1 Å². The standard InChI is InChI=1S/C19H16O4/c20-19(21)18-17(11-13-23-18)15-6-8-16(9-7-15)22-12-10-14-4-2-1-3-5-14/h1-9,11,13H,10,12H2,(H,20,21). The zero-order chi connectivity index (χ0) is 16.1. The van der Waals surface area contributed by atoms with E-state index in [4.69, 9.17) is 14.3 Å². The zero-order valence-corrected chi connectivity index (χ0v) is 12.4. The van der Waals surface area contributed by atoms with E-state index in [2.05, 4.69) is 12.1 Å². The monoisotopic (exact) mass is 308 g/mol. The summed E-state index contributed by atoms with van der Waals surface area (Å²) in [5.74, 6) is -0.374. The largest absolute Gasteiger partial charge is 0.493 e. The minimum atomic E-state index is -1.08. The van der Waals surface area contributed by atoms with Crippen LogP contribution in [0.4, 0.5) is 0 Å². The number of carbonyl (C=O) groups is 1. The number of furan rings is 1. The first-order valence-electron chi connectivity index (χ1n) is 7.32. The van der Waals surface area contributed by atoms with Crippen LogP contribution in [-0.2, 0) is 6.42 Å². The Morgan fingerprint density at radius 1 is 1.00 bits per heavy atom. The molecule has 0 spiro atoms. The molecule has 0 aliphatic heterocycles. The summed E-state index contributed by atoms with van der Waals surface area (Å²) in [5.41, 5.74) is 2.58. The van der Waals surface area contributed by atoms with E-state index in [9.17, 15) is 4.79 Å². The summed E-state index contributed by atoms with van der Waals surface area (Å²) in [6.45, 7) is 0.593. The Labute approximate surface area is 134 Å².